The number of carbonyl (C=O) groups excluding carboxylic acids is 2. The number of amides is 3. The van der Waals surface area contributed by atoms with Crippen LogP contribution < -0.4 is 5.32 Å². The summed E-state index contributed by atoms with van der Waals surface area (Å²) in [5.74, 6) is -1.61. The van der Waals surface area contributed by atoms with E-state index in [0.717, 1.165) is 25.7 Å². The Morgan fingerprint density at radius 2 is 1.52 bits per heavy atom. The van der Waals surface area contributed by atoms with Gasteiger partial charge in [0, 0.05) is 19.5 Å². The minimum Gasteiger partial charge on any atom is -0.481 e. The van der Waals surface area contributed by atoms with Crippen molar-refractivity contribution in [2.45, 2.75) is 59.8 Å². The Morgan fingerprint density at radius 1 is 1.05 bits per heavy atom. The van der Waals surface area contributed by atoms with Gasteiger partial charge >= 0.3 is 12.0 Å². The lowest BCUT2D eigenvalue weighted by Gasteiger charge is -2.23. The van der Waals surface area contributed by atoms with Gasteiger partial charge < -0.3 is 10.0 Å². The number of rotatable bonds is 9. The first-order chi connectivity index (χ1) is 9.74. The van der Waals surface area contributed by atoms with Crippen LogP contribution in [0.1, 0.15) is 59.8 Å². The van der Waals surface area contributed by atoms with Crippen molar-refractivity contribution in [3.63, 3.8) is 0 Å². The molecule has 0 heterocycles. The minimum absolute atomic E-state index is 0.219. The van der Waals surface area contributed by atoms with Crippen LogP contribution in [0.2, 0.25) is 0 Å². The van der Waals surface area contributed by atoms with Crippen LogP contribution >= 0.6 is 0 Å². The summed E-state index contributed by atoms with van der Waals surface area (Å²) >= 11 is 0. The average molecular weight is 300 g/mol. The zero-order valence-corrected chi connectivity index (χ0v) is 13.6. The van der Waals surface area contributed by atoms with E-state index in [2.05, 4.69) is 5.32 Å². The van der Waals surface area contributed by atoms with Crippen molar-refractivity contribution in [3.8, 4) is 0 Å². The summed E-state index contributed by atoms with van der Waals surface area (Å²) in [4.78, 5) is 36.5. The minimum atomic E-state index is -1.18. The monoisotopic (exact) mass is 300 g/mol. The Morgan fingerprint density at radius 3 is 1.90 bits per heavy atom. The van der Waals surface area contributed by atoms with E-state index in [4.69, 9.17) is 5.11 Å². The number of hydrogen-bond donors (Lipinski definition) is 2. The Kier molecular flexibility index (Phi) is 8.66. The molecule has 3 amide bonds. The maximum absolute atomic E-state index is 12.1. The fourth-order valence-electron chi connectivity index (χ4n) is 1.73. The first kappa shape index (κ1) is 19.4. The maximum Gasteiger partial charge on any atom is 0.324 e. The third kappa shape index (κ3) is 7.68. The molecule has 0 aromatic rings. The van der Waals surface area contributed by atoms with Crippen LogP contribution in [0.15, 0.2) is 0 Å². The second-order valence-corrected chi connectivity index (χ2v) is 5.91. The van der Waals surface area contributed by atoms with Crippen molar-refractivity contribution in [3.05, 3.63) is 0 Å². The van der Waals surface area contributed by atoms with Gasteiger partial charge in [-0.25, -0.2) is 4.79 Å². The van der Waals surface area contributed by atoms with E-state index in [-0.39, 0.29) is 6.42 Å². The summed E-state index contributed by atoms with van der Waals surface area (Å²) < 4.78 is 0. The first-order valence-electron chi connectivity index (χ1n) is 7.56. The number of nitrogens with one attached hydrogen (secondary N) is 1. The topological polar surface area (TPSA) is 86.7 Å². The van der Waals surface area contributed by atoms with E-state index < -0.39 is 23.3 Å². The lowest BCUT2D eigenvalue weighted by molar-refractivity contribution is -0.149. The highest BCUT2D eigenvalue weighted by atomic mass is 16.4. The highest BCUT2D eigenvalue weighted by Gasteiger charge is 2.31. The van der Waals surface area contributed by atoms with Crippen LogP contribution in [0, 0.1) is 5.41 Å². The van der Waals surface area contributed by atoms with Gasteiger partial charge in [-0.2, -0.15) is 0 Å². The highest BCUT2D eigenvalue weighted by Crippen LogP contribution is 2.20. The molecule has 0 atom stereocenters. The molecular weight excluding hydrogens is 272 g/mol. The number of carboxylic acid groups (broad SMARTS) is 1. The summed E-state index contributed by atoms with van der Waals surface area (Å²) in [7, 11) is 0. The molecule has 0 spiro atoms. The van der Waals surface area contributed by atoms with Crippen LogP contribution in [0.25, 0.3) is 0 Å². The Bertz CT molecular complexity index is 359. The number of unbranched alkanes of at least 4 members (excludes halogenated alkanes) is 2. The molecule has 0 aliphatic carbocycles. The predicted octanol–water partition coefficient (Wildman–Crippen LogP) is 2.63. The molecule has 122 valence electrons. The molecule has 21 heavy (non-hydrogen) atoms. The number of carboxylic acids is 1. The Labute approximate surface area is 126 Å². The number of aliphatic carboxylic acids is 1. The smallest absolute Gasteiger partial charge is 0.324 e. The summed E-state index contributed by atoms with van der Waals surface area (Å²) in [6.07, 6.45) is 3.48. The normalized spacial score (nSPS) is 11.0. The van der Waals surface area contributed by atoms with Crippen LogP contribution in [0.4, 0.5) is 4.79 Å². The van der Waals surface area contributed by atoms with E-state index in [1.54, 1.807) is 4.90 Å². The summed E-state index contributed by atoms with van der Waals surface area (Å²) in [5, 5.41) is 11.3. The molecule has 0 fully saturated rings. The highest BCUT2D eigenvalue weighted by molar-refractivity contribution is 5.96. The van der Waals surface area contributed by atoms with E-state index in [1.165, 1.54) is 13.8 Å². The summed E-state index contributed by atoms with van der Waals surface area (Å²) in [5.41, 5.74) is -1.18. The van der Waals surface area contributed by atoms with Crippen LogP contribution in [0.5, 0.6) is 0 Å². The lowest BCUT2D eigenvalue weighted by atomic mass is 9.89. The molecule has 0 rings (SSSR count). The van der Waals surface area contributed by atoms with Crippen molar-refractivity contribution in [1.82, 2.24) is 10.2 Å². The quantitative estimate of drug-likeness (QED) is 0.685. The summed E-state index contributed by atoms with van der Waals surface area (Å²) in [6.45, 7) is 8.22. The van der Waals surface area contributed by atoms with Crippen molar-refractivity contribution in [1.29, 1.82) is 0 Å². The molecule has 6 heteroatoms. The van der Waals surface area contributed by atoms with Gasteiger partial charge in [-0.05, 0) is 26.7 Å². The Hall–Kier alpha value is -1.59. The zero-order chi connectivity index (χ0) is 16.5. The molecular formula is C15H28N2O4. The fraction of sp³-hybridized carbons (Fsp3) is 0.800. The van der Waals surface area contributed by atoms with E-state index in [1.807, 2.05) is 13.8 Å². The van der Waals surface area contributed by atoms with Crippen molar-refractivity contribution >= 4 is 17.9 Å². The molecule has 0 aliphatic heterocycles. The van der Waals surface area contributed by atoms with Gasteiger partial charge in [0.15, 0.2) is 0 Å². The molecule has 0 aromatic heterocycles. The second kappa shape index (κ2) is 9.37. The number of nitrogens with zero attached hydrogens (tertiary/aromatic N) is 1. The molecule has 0 saturated carbocycles. The molecule has 0 radical (unpaired) electrons. The molecule has 6 nitrogen and oxygen atoms in total. The van der Waals surface area contributed by atoms with Gasteiger partial charge in [0.1, 0.15) is 0 Å². The molecule has 0 aromatic carbocycles. The van der Waals surface area contributed by atoms with Crippen molar-refractivity contribution < 1.29 is 19.5 Å². The van der Waals surface area contributed by atoms with Crippen LogP contribution in [-0.4, -0.2) is 41.0 Å². The second-order valence-electron chi connectivity index (χ2n) is 5.91. The molecule has 0 aliphatic rings. The zero-order valence-electron chi connectivity index (χ0n) is 13.6. The number of hydrogen-bond acceptors (Lipinski definition) is 3. The third-order valence-corrected chi connectivity index (χ3v) is 3.28. The maximum atomic E-state index is 12.1. The van der Waals surface area contributed by atoms with Crippen molar-refractivity contribution in [2.24, 2.45) is 5.41 Å². The molecule has 0 bridgehead atoms. The van der Waals surface area contributed by atoms with Gasteiger partial charge in [0.05, 0.1) is 5.41 Å². The average Bonchev–Trinajstić information content (AvgIpc) is 2.37. The van der Waals surface area contributed by atoms with Crippen molar-refractivity contribution in [2.75, 3.05) is 13.1 Å². The number of carbonyl (C=O) groups is 3. The first-order valence-corrected chi connectivity index (χ1v) is 7.56. The molecule has 2 N–H and O–H groups in total. The third-order valence-electron chi connectivity index (χ3n) is 3.28. The number of imide groups is 1. The van der Waals surface area contributed by atoms with Gasteiger partial charge in [-0.15, -0.1) is 0 Å². The van der Waals surface area contributed by atoms with Gasteiger partial charge in [-0.3, -0.25) is 14.9 Å². The van der Waals surface area contributed by atoms with E-state index >= 15 is 0 Å². The largest absolute Gasteiger partial charge is 0.481 e. The molecule has 0 saturated heterocycles. The van der Waals surface area contributed by atoms with E-state index in [9.17, 15) is 14.4 Å². The predicted molar refractivity (Wildman–Crippen MR) is 81.0 cm³/mol. The van der Waals surface area contributed by atoms with Crippen LogP contribution in [-0.2, 0) is 9.59 Å². The standard InChI is InChI=1S/C15H28N2O4/c1-5-7-9-17(10-8-6-2)14(21)16-12(18)11-15(3,4)13(19)20/h5-11H2,1-4H3,(H,19,20)(H,16,18,21). The van der Waals surface area contributed by atoms with Crippen LogP contribution in [0.3, 0.4) is 0 Å². The number of urea groups is 1. The summed E-state index contributed by atoms with van der Waals surface area (Å²) in [6, 6.07) is -0.428. The lowest BCUT2D eigenvalue weighted by Crippen LogP contribution is -2.45. The SMILES string of the molecule is CCCCN(CCCC)C(=O)NC(=O)CC(C)(C)C(=O)O. The fourth-order valence-corrected chi connectivity index (χ4v) is 1.73. The Balaban J connectivity index is 4.51. The van der Waals surface area contributed by atoms with Gasteiger partial charge in [-0.1, -0.05) is 26.7 Å². The van der Waals surface area contributed by atoms with E-state index in [0.29, 0.717) is 13.1 Å². The molecule has 0 unspecified atom stereocenters. The van der Waals surface area contributed by atoms with Gasteiger partial charge in [0.25, 0.3) is 0 Å². The van der Waals surface area contributed by atoms with Gasteiger partial charge in [0.2, 0.25) is 5.91 Å².